The van der Waals surface area contributed by atoms with Crippen molar-refractivity contribution in [3.8, 4) is 5.75 Å². The van der Waals surface area contributed by atoms with E-state index >= 15 is 0 Å². The molecule has 102 valence electrons. The maximum atomic E-state index is 6.12. The Morgan fingerprint density at radius 2 is 1.89 bits per heavy atom. The maximum Gasteiger partial charge on any atom is 0.125 e. The summed E-state index contributed by atoms with van der Waals surface area (Å²) in [5, 5.41) is 3.44. The molecular weight excluding hydrogens is 290 g/mol. The molecule has 0 heterocycles. The fraction of sp³-hybridized carbons (Fsp3) is 0.600. The fourth-order valence-corrected chi connectivity index (χ4v) is 2.36. The highest BCUT2D eigenvalue weighted by Crippen LogP contribution is 2.30. The van der Waals surface area contributed by atoms with E-state index in [0.717, 1.165) is 29.6 Å². The lowest BCUT2D eigenvalue weighted by Gasteiger charge is -2.22. The van der Waals surface area contributed by atoms with Crippen molar-refractivity contribution in [2.75, 3.05) is 6.54 Å². The fourth-order valence-electron chi connectivity index (χ4n) is 2.02. The summed E-state index contributed by atoms with van der Waals surface area (Å²) in [7, 11) is 0. The van der Waals surface area contributed by atoms with Crippen molar-refractivity contribution in [3.63, 3.8) is 0 Å². The van der Waals surface area contributed by atoms with Crippen LogP contribution in [0.2, 0.25) is 0 Å². The standard InChI is InChI=1S/C15H24BrNO/c1-5-13(6-2)18-15-10-12(16)8-9-14(15)11(4)17-7-3/h8-11,13,17H,5-7H2,1-4H3. The smallest absolute Gasteiger partial charge is 0.125 e. The number of halogens is 1. The molecule has 1 rings (SSSR count). The lowest BCUT2D eigenvalue weighted by molar-refractivity contribution is 0.189. The van der Waals surface area contributed by atoms with Crippen molar-refractivity contribution in [1.29, 1.82) is 0 Å². The molecule has 0 fully saturated rings. The van der Waals surface area contributed by atoms with E-state index in [-0.39, 0.29) is 0 Å². The van der Waals surface area contributed by atoms with Gasteiger partial charge in [0.05, 0.1) is 6.10 Å². The van der Waals surface area contributed by atoms with Gasteiger partial charge in [0.1, 0.15) is 5.75 Å². The second-order valence-corrected chi connectivity index (χ2v) is 5.43. The van der Waals surface area contributed by atoms with Crippen LogP contribution in [0.15, 0.2) is 22.7 Å². The summed E-state index contributed by atoms with van der Waals surface area (Å²) >= 11 is 3.52. The van der Waals surface area contributed by atoms with Gasteiger partial charge >= 0.3 is 0 Å². The van der Waals surface area contributed by atoms with Crippen molar-refractivity contribution in [3.05, 3.63) is 28.2 Å². The van der Waals surface area contributed by atoms with Crippen molar-refractivity contribution >= 4 is 15.9 Å². The summed E-state index contributed by atoms with van der Waals surface area (Å²) < 4.78 is 7.19. The molecule has 3 heteroatoms. The van der Waals surface area contributed by atoms with Gasteiger partial charge in [0.15, 0.2) is 0 Å². The summed E-state index contributed by atoms with van der Waals surface area (Å²) in [5.74, 6) is 0.992. The van der Waals surface area contributed by atoms with Crippen LogP contribution in [0.3, 0.4) is 0 Å². The molecule has 0 amide bonds. The van der Waals surface area contributed by atoms with Gasteiger partial charge in [-0.05, 0) is 38.4 Å². The molecule has 0 spiro atoms. The Hall–Kier alpha value is -0.540. The minimum Gasteiger partial charge on any atom is -0.490 e. The van der Waals surface area contributed by atoms with E-state index in [2.05, 4.69) is 67.1 Å². The highest BCUT2D eigenvalue weighted by molar-refractivity contribution is 9.10. The minimum absolute atomic E-state index is 0.298. The van der Waals surface area contributed by atoms with Crippen LogP contribution in [0.1, 0.15) is 52.1 Å². The first-order valence-electron chi connectivity index (χ1n) is 6.81. The summed E-state index contributed by atoms with van der Waals surface area (Å²) in [5.41, 5.74) is 1.23. The zero-order chi connectivity index (χ0) is 13.5. The van der Waals surface area contributed by atoms with Crippen LogP contribution >= 0.6 is 15.9 Å². The Morgan fingerprint density at radius 3 is 2.44 bits per heavy atom. The van der Waals surface area contributed by atoms with E-state index < -0.39 is 0 Å². The predicted molar refractivity (Wildman–Crippen MR) is 81.2 cm³/mol. The molecule has 1 N–H and O–H groups in total. The number of nitrogens with one attached hydrogen (secondary N) is 1. The van der Waals surface area contributed by atoms with Gasteiger partial charge < -0.3 is 10.1 Å². The minimum atomic E-state index is 0.298. The van der Waals surface area contributed by atoms with Gasteiger partial charge in [0.2, 0.25) is 0 Å². The zero-order valence-corrected chi connectivity index (χ0v) is 13.4. The van der Waals surface area contributed by atoms with Crippen molar-refractivity contribution in [2.45, 2.75) is 52.7 Å². The lowest BCUT2D eigenvalue weighted by atomic mass is 10.1. The molecule has 0 bridgehead atoms. The molecule has 0 saturated heterocycles. The first kappa shape index (κ1) is 15.5. The van der Waals surface area contributed by atoms with Gasteiger partial charge in [-0.25, -0.2) is 0 Å². The molecule has 0 aliphatic heterocycles. The molecule has 18 heavy (non-hydrogen) atoms. The number of hydrogen-bond acceptors (Lipinski definition) is 2. The highest BCUT2D eigenvalue weighted by atomic mass is 79.9. The average Bonchev–Trinajstić information content (AvgIpc) is 2.36. The molecule has 1 unspecified atom stereocenters. The van der Waals surface area contributed by atoms with E-state index in [9.17, 15) is 0 Å². The summed E-state index contributed by atoms with van der Waals surface area (Å²) in [6.45, 7) is 9.59. The van der Waals surface area contributed by atoms with Gasteiger partial charge in [-0.15, -0.1) is 0 Å². The van der Waals surface area contributed by atoms with Crippen LogP contribution in [-0.4, -0.2) is 12.6 Å². The van der Waals surface area contributed by atoms with Gasteiger partial charge in [0, 0.05) is 16.1 Å². The summed E-state index contributed by atoms with van der Waals surface area (Å²) in [6.07, 6.45) is 2.38. The van der Waals surface area contributed by atoms with Crippen LogP contribution < -0.4 is 10.1 Å². The van der Waals surface area contributed by atoms with Crippen LogP contribution in [0, 0.1) is 0 Å². The third kappa shape index (κ3) is 4.29. The third-order valence-corrected chi connectivity index (χ3v) is 3.65. The Labute approximate surface area is 119 Å². The van der Waals surface area contributed by atoms with E-state index in [1.165, 1.54) is 5.56 Å². The summed E-state index contributed by atoms with van der Waals surface area (Å²) in [4.78, 5) is 0. The Morgan fingerprint density at radius 1 is 1.22 bits per heavy atom. The third-order valence-electron chi connectivity index (χ3n) is 3.16. The maximum absolute atomic E-state index is 6.12. The molecular formula is C15H24BrNO. The predicted octanol–water partition coefficient (Wildman–Crippen LogP) is 4.69. The zero-order valence-electron chi connectivity index (χ0n) is 11.8. The number of hydrogen-bond donors (Lipinski definition) is 1. The second-order valence-electron chi connectivity index (χ2n) is 4.52. The summed E-state index contributed by atoms with van der Waals surface area (Å²) in [6, 6.07) is 6.59. The Bertz CT molecular complexity index is 364. The monoisotopic (exact) mass is 313 g/mol. The molecule has 0 saturated carbocycles. The van der Waals surface area contributed by atoms with Gasteiger partial charge in [-0.2, -0.15) is 0 Å². The van der Waals surface area contributed by atoms with Gasteiger partial charge in [-0.3, -0.25) is 0 Å². The van der Waals surface area contributed by atoms with Crippen LogP contribution in [0.5, 0.6) is 5.75 Å². The SMILES string of the molecule is CCNC(C)c1ccc(Br)cc1OC(CC)CC. The van der Waals surface area contributed by atoms with Crippen LogP contribution in [0.4, 0.5) is 0 Å². The highest BCUT2D eigenvalue weighted by Gasteiger charge is 2.14. The van der Waals surface area contributed by atoms with E-state index in [0.29, 0.717) is 12.1 Å². The average molecular weight is 314 g/mol. The van der Waals surface area contributed by atoms with E-state index in [4.69, 9.17) is 4.74 Å². The van der Waals surface area contributed by atoms with Crippen molar-refractivity contribution < 1.29 is 4.74 Å². The second kappa shape index (κ2) is 7.80. The lowest BCUT2D eigenvalue weighted by Crippen LogP contribution is -2.20. The van der Waals surface area contributed by atoms with E-state index in [1.54, 1.807) is 0 Å². The molecule has 1 aromatic carbocycles. The number of ether oxygens (including phenoxy) is 1. The molecule has 1 aromatic rings. The van der Waals surface area contributed by atoms with Crippen molar-refractivity contribution in [2.24, 2.45) is 0 Å². The number of benzene rings is 1. The molecule has 0 radical (unpaired) electrons. The van der Waals surface area contributed by atoms with E-state index in [1.807, 2.05) is 0 Å². The van der Waals surface area contributed by atoms with Crippen LogP contribution in [0.25, 0.3) is 0 Å². The molecule has 0 aliphatic carbocycles. The Kier molecular flexibility index (Phi) is 6.72. The number of rotatable bonds is 7. The largest absolute Gasteiger partial charge is 0.490 e. The Balaban J connectivity index is 2.95. The first-order chi connectivity index (χ1) is 8.62. The van der Waals surface area contributed by atoms with Crippen LogP contribution in [-0.2, 0) is 0 Å². The van der Waals surface area contributed by atoms with Gasteiger partial charge in [0.25, 0.3) is 0 Å². The molecule has 2 nitrogen and oxygen atoms in total. The topological polar surface area (TPSA) is 21.3 Å². The molecule has 1 atom stereocenters. The molecule has 0 aromatic heterocycles. The van der Waals surface area contributed by atoms with Gasteiger partial charge in [-0.1, -0.05) is 42.8 Å². The first-order valence-corrected chi connectivity index (χ1v) is 7.61. The normalized spacial score (nSPS) is 12.8. The molecule has 0 aliphatic rings. The van der Waals surface area contributed by atoms with Crippen molar-refractivity contribution in [1.82, 2.24) is 5.32 Å². The quantitative estimate of drug-likeness (QED) is 0.788.